The van der Waals surface area contributed by atoms with Gasteiger partial charge >= 0.3 is 5.97 Å². The van der Waals surface area contributed by atoms with Crippen molar-refractivity contribution in [2.24, 2.45) is 0 Å². The molecule has 0 amide bonds. The minimum atomic E-state index is -1.04. The minimum Gasteiger partial charge on any atom is -0.487 e. The van der Waals surface area contributed by atoms with Crippen molar-refractivity contribution in [3.8, 4) is 5.75 Å². The fraction of sp³-hybridized carbons (Fsp3) is 0.0952. The predicted octanol–water partition coefficient (Wildman–Crippen LogP) is 6.32. The number of aromatic carboxylic acids is 1. The average Bonchev–Trinajstić information content (AvgIpc) is 2.66. The number of carboxylic acids is 1. The SMILES string of the molecule is Cc1ccc(COc2ccc(Cl)c(Nc3ccccc3C(=O)O)c2Cl)cc1. The van der Waals surface area contributed by atoms with Crippen LogP contribution < -0.4 is 10.1 Å². The predicted molar refractivity (Wildman–Crippen MR) is 109 cm³/mol. The Morgan fingerprint density at radius 1 is 1.04 bits per heavy atom. The molecule has 0 atom stereocenters. The first kappa shape index (κ1) is 19.1. The van der Waals surface area contributed by atoms with Crippen LogP contribution in [0.4, 0.5) is 11.4 Å². The monoisotopic (exact) mass is 401 g/mol. The van der Waals surface area contributed by atoms with Crippen LogP contribution in [0.15, 0.2) is 60.7 Å². The van der Waals surface area contributed by atoms with E-state index in [0.717, 1.165) is 5.56 Å². The largest absolute Gasteiger partial charge is 0.487 e. The van der Waals surface area contributed by atoms with Crippen LogP contribution in [0.5, 0.6) is 5.75 Å². The molecule has 27 heavy (non-hydrogen) atoms. The molecule has 4 nitrogen and oxygen atoms in total. The highest BCUT2D eigenvalue weighted by Gasteiger charge is 2.16. The first-order valence-electron chi connectivity index (χ1n) is 8.21. The topological polar surface area (TPSA) is 58.6 Å². The molecule has 2 N–H and O–H groups in total. The van der Waals surface area contributed by atoms with Gasteiger partial charge in [-0.15, -0.1) is 0 Å². The Kier molecular flexibility index (Phi) is 5.89. The number of halogens is 2. The lowest BCUT2D eigenvalue weighted by molar-refractivity contribution is 0.0698. The molecule has 0 aromatic heterocycles. The van der Waals surface area contributed by atoms with Gasteiger partial charge in [0.2, 0.25) is 0 Å². The summed E-state index contributed by atoms with van der Waals surface area (Å²) in [6, 6.07) is 17.9. The highest BCUT2D eigenvalue weighted by molar-refractivity contribution is 6.40. The molecule has 3 aromatic carbocycles. The average molecular weight is 402 g/mol. The highest BCUT2D eigenvalue weighted by Crippen LogP contribution is 2.40. The summed E-state index contributed by atoms with van der Waals surface area (Å²) in [5.74, 6) is -0.589. The molecular weight excluding hydrogens is 385 g/mol. The van der Waals surface area contributed by atoms with Crippen molar-refractivity contribution < 1.29 is 14.6 Å². The van der Waals surface area contributed by atoms with Gasteiger partial charge in [0.1, 0.15) is 17.4 Å². The van der Waals surface area contributed by atoms with Crippen molar-refractivity contribution in [2.45, 2.75) is 13.5 Å². The number of carboxylic acid groups (broad SMARTS) is 1. The maximum absolute atomic E-state index is 11.4. The van der Waals surface area contributed by atoms with Gasteiger partial charge in [-0.3, -0.25) is 0 Å². The van der Waals surface area contributed by atoms with E-state index in [2.05, 4.69) is 5.32 Å². The number of carbonyl (C=O) groups is 1. The zero-order valence-electron chi connectivity index (χ0n) is 14.5. The summed E-state index contributed by atoms with van der Waals surface area (Å²) < 4.78 is 5.83. The Morgan fingerprint density at radius 2 is 1.74 bits per heavy atom. The van der Waals surface area contributed by atoms with Gasteiger partial charge in [-0.1, -0.05) is 65.2 Å². The molecular formula is C21H17Cl2NO3. The molecule has 0 aliphatic heterocycles. The van der Waals surface area contributed by atoms with Crippen molar-refractivity contribution in [2.75, 3.05) is 5.32 Å². The second-order valence-electron chi connectivity index (χ2n) is 5.98. The van der Waals surface area contributed by atoms with Crippen LogP contribution in [0.1, 0.15) is 21.5 Å². The van der Waals surface area contributed by atoms with E-state index in [1.165, 1.54) is 11.6 Å². The van der Waals surface area contributed by atoms with Crippen LogP contribution in [-0.4, -0.2) is 11.1 Å². The summed E-state index contributed by atoms with van der Waals surface area (Å²) in [6.07, 6.45) is 0. The summed E-state index contributed by atoms with van der Waals surface area (Å²) in [7, 11) is 0. The van der Waals surface area contributed by atoms with Crippen LogP contribution in [0.3, 0.4) is 0 Å². The number of hydrogen-bond acceptors (Lipinski definition) is 3. The molecule has 0 fully saturated rings. The van der Waals surface area contributed by atoms with E-state index < -0.39 is 5.97 Å². The van der Waals surface area contributed by atoms with Crippen molar-refractivity contribution in [3.63, 3.8) is 0 Å². The summed E-state index contributed by atoms with van der Waals surface area (Å²) in [5.41, 5.74) is 3.10. The molecule has 138 valence electrons. The quantitative estimate of drug-likeness (QED) is 0.506. The van der Waals surface area contributed by atoms with Gasteiger partial charge in [0.15, 0.2) is 0 Å². The lowest BCUT2D eigenvalue weighted by atomic mass is 10.1. The van der Waals surface area contributed by atoms with E-state index in [9.17, 15) is 9.90 Å². The number of ether oxygens (including phenoxy) is 1. The van der Waals surface area contributed by atoms with Crippen LogP contribution in [0.25, 0.3) is 0 Å². The van der Waals surface area contributed by atoms with Crippen molar-refractivity contribution in [3.05, 3.63) is 87.4 Å². The zero-order valence-corrected chi connectivity index (χ0v) is 16.0. The number of hydrogen-bond donors (Lipinski definition) is 2. The Bertz CT molecular complexity index is 972. The Labute approximate surface area is 167 Å². The van der Waals surface area contributed by atoms with Gasteiger partial charge in [-0.05, 0) is 36.8 Å². The van der Waals surface area contributed by atoms with Crippen LogP contribution in [0.2, 0.25) is 10.0 Å². The third kappa shape index (κ3) is 4.54. The first-order chi connectivity index (χ1) is 13.0. The van der Waals surface area contributed by atoms with E-state index in [1.54, 1.807) is 30.3 Å². The number of aryl methyl sites for hydroxylation is 1. The fourth-order valence-corrected chi connectivity index (χ4v) is 3.04. The minimum absolute atomic E-state index is 0.121. The van der Waals surface area contributed by atoms with Gasteiger partial charge in [-0.25, -0.2) is 4.79 Å². The molecule has 0 unspecified atom stereocenters. The molecule has 3 aromatic rings. The smallest absolute Gasteiger partial charge is 0.337 e. The number of nitrogens with one attached hydrogen (secondary N) is 1. The molecule has 0 radical (unpaired) electrons. The summed E-state index contributed by atoms with van der Waals surface area (Å²) in [5, 5.41) is 13.0. The lowest BCUT2D eigenvalue weighted by Gasteiger charge is -2.16. The summed E-state index contributed by atoms with van der Waals surface area (Å²) >= 11 is 12.7. The van der Waals surface area contributed by atoms with Gasteiger partial charge in [-0.2, -0.15) is 0 Å². The number of anilines is 2. The lowest BCUT2D eigenvalue weighted by Crippen LogP contribution is -2.04. The van der Waals surface area contributed by atoms with Gasteiger partial charge in [0.05, 0.1) is 22.0 Å². The van der Waals surface area contributed by atoms with E-state index in [1.807, 2.05) is 31.2 Å². The fourth-order valence-electron chi connectivity index (χ4n) is 2.52. The molecule has 0 aliphatic rings. The number of rotatable bonds is 6. The second-order valence-corrected chi connectivity index (χ2v) is 6.77. The van der Waals surface area contributed by atoms with Gasteiger partial charge in [0, 0.05) is 0 Å². The van der Waals surface area contributed by atoms with E-state index in [-0.39, 0.29) is 10.6 Å². The summed E-state index contributed by atoms with van der Waals surface area (Å²) in [4.78, 5) is 11.4. The van der Waals surface area contributed by atoms with Crippen LogP contribution in [0, 0.1) is 6.92 Å². The summed E-state index contributed by atoms with van der Waals surface area (Å²) in [6.45, 7) is 2.38. The van der Waals surface area contributed by atoms with Crippen molar-refractivity contribution in [1.29, 1.82) is 0 Å². The molecule has 0 aliphatic carbocycles. The molecule has 0 bridgehead atoms. The first-order valence-corrected chi connectivity index (χ1v) is 8.97. The molecule has 3 rings (SSSR count). The van der Waals surface area contributed by atoms with Crippen molar-refractivity contribution in [1.82, 2.24) is 0 Å². The van der Waals surface area contributed by atoms with E-state index in [4.69, 9.17) is 27.9 Å². The Balaban J connectivity index is 1.85. The molecule has 0 saturated heterocycles. The van der Waals surface area contributed by atoms with Gasteiger partial charge in [0.25, 0.3) is 0 Å². The standard InChI is InChI=1S/C21H17Cl2NO3/c1-13-6-8-14(9-7-13)12-27-18-11-10-16(22)20(19(18)23)24-17-5-3-2-4-15(17)21(25)26/h2-11,24H,12H2,1H3,(H,25,26). The molecule has 6 heteroatoms. The number of para-hydroxylation sites is 1. The third-order valence-electron chi connectivity index (χ3n) is 3.99. The Morgan fingerprint density at radius 3 is 2.44 bits per heavy atom. The normalized spacial score (nSPS) is 10.5. The van der Waals surface area contributed by atoms with Crippen LogP contribution >= 0.6 is 23.2 Å². The number of benzene rings is 3. The second kappa shape index (κ2) is 8.33. The highest BCUT2D eigenvalue weighted by atomic mass is 35.5. The third-order valence-corrected chi connectivity index (χ3v) is 4.68. The molecule has 0 heterocycles. The maximum atomic E-state index is 11.4. The molecule has 0 saturated carbocycles. The van der Waals surface area contributed by atoms with Crippen LogP contribution in [-0.2, 0) is 6.61 Å². The van der Waals surface area contributed by atoms with Crippen molar-refractivity contribution >= 4 is 40.5 Å². The van der Waals surface area contributed by atoms with Gasteiger partial charge < -0.3 is 15.2 Å². The Hall–Kier alpha value is -2.69. The zero-order chi connectivity index (χ0) is 19.4. The van der Waals surface area contributed by atoms with E-state index in [0.29, 0.717) is 28.8 Å². The molecule has 0 spiro atoms. The van der Waals surface area contributed by atoms with E-state index >= 15 is 0 Å². The maximum Gasteiger partial charge on any atom is 0.337 e.